The molecule has 6 atom stereocenters. The van der Waals surface area contributed by atoms with Gasteiger partial charge in [-0.3, -0.25) is 0 Å². The fourth-order valence-electron chi connectivity index (χ4n) is 7.48. The van der Waals surface area contributed by atoms with Crippen LogP contribution in [-0.2, 0) is 9.47 Å². The van der Waals surface area contributed by atoms with Crippen LogP contribution in [0, 0.1) is 34.5 Å². The van der Waals surface area contributed by atoms with Crippen LogP contribution < -0.4 is 0 Å². The maximum atomic E-state index is 6.04. The van der Waals surface area contributed by atoms with Crippen LogP contribution in [0.1, 0.15) is 72.1 Å². The summed E-state index contributed by atoms with van der Waals surface area (Å²) in [4.78, 5) is 0. The average Bonchev–Trinajstić information content (AvgIpc) is 2.81. The van der Waals surface area contributed by atoms with Gasteiger partial charge in [0.05, 0.1) is 0 Å². The molecule has 0 unspecified atom stereocenters. The molecule has 1 aliphatic heterocycles. The van der Waals surface area contributed by atoms with Gasteiger partial charge in [0.15, 0.2) is 12.6 Å². The van der Waals surface area contributed by atoms with Gasteiger partial charge >= 0.3 is 0 Å². The van der Waals surface area contributed by atoms with Gasteiger partial charge in [-0.2, -0.15) is 0 Å². The number of hydrogen-bond donors (Lipinski definition) is 0. The molecular formula is C21H32O2. The van der Waals surface area contributed by atoms with E-state index in [4.69, 9.17) is 9.47 Å². The van der Waals surface area contributed by atoms with E-state index in [1.807, 2.05) is 5.57 Å². The molecule has 4 aliphatic carbocycles. The molecule has 23 heavy (non-hydrogen) atoms. The number of fused-ring (bicyclic) bond motifs is 6. The first-order chi connectivity index (χ1) is 11.0. The van der Waals surface area contributed by atoms with E-state index < -0.39 is 0 Å². The molecule has 0 bridgehead atoms. The molecule has 0 N–H and O–H groups in total. The molecule has 0 radical (unpaired) electrons. The minimum Gasteiger partial charge on any atom is -0.323 e. The third kappa shape index (κ3) is 1.73. The van der Waals surface area contributed by atoms with Crippen LogP contribution in [0.15, 0.2) is 11.6 Å². The Morgan fingerprint density at radius 2 is 1.78 bits per heavy atom. The molecule has 5 aliphatic rings. The highest BCUT2D eigenvalue weighted by Gasteiger charge is 2.67. The van der Waals surface area contributed by atoms with Crippen LogP contribution in [0.5, 0.6) is 0 Å². The van der Waals surface area contributed by atoms with Crippen molar-refractivity contribution in [3.05, 3.63) is 11.6 Å². The molecule has 1 spiro atoms. The number of hydrogen-bond acceptors (Lipinski definition) is 2. The summed E-state index contributed by atoms with van der Waals surface area (Å²) in [5, 5.41) is 0. The average molecular weight is 316 g/mol. The van der Waals surface area contributed by atoms with Crippen molar-refractivity contribution >= 4 is 0 Å². The summed E-state index contributed by atoms with van der Waals surface area (Å²) in [6.45, 7) is 8.04. The lowest BCUT2D eigenvalue weighted by atomic mass is 9.47. The Kier molecular flexibility index (Phi) is 3.01. The predicted molar refractivity (Wildman–Crippen MR) is 90.6 cm³/mol. The summed E-state index contributed by atoms with van der Waals surface area (Å²) in [6, 6.07) is 0. The Morgan fingerprint density at radius 1 is 1.00 bits per heavy atom. The van der Waals surface area contributed by atoms with Gasteiger partial charge in [0.1, 0.15) is 0 Å². The quantitative estimate of drug-likeness (QED) is 0.566. The Balaban J connectivity index is 1.49. The Morgan fingerprint density at radius 3 is 2.52 bits per heavy atom. The molecule has 0 aromatic carbocycles. The Labute approximate surface area is 141 Å². The molecule has 2 heteroatoms. The zero-order valence-electron chi connectivity index (χ0n) is 15.1. The summed E-state index contributed by atoms with van der Waals surface area (Å²) in [7, 11) is 0. The number of ether oxygens (including phenoxy) is 2. The van der Waals surface area contributed by atoms with Crippen LogP contribution in [0.25, 0.3) is 0 Å². The topological polar surface area (TPSA) is 18.5 Å². The number of rotatable bonds is 0. The van der Waals surface area contributed by atoms with Gasteiger partial charge < -0.3 is 9.47 Å². The maximum absolute atomic E-state index is 6.04. The van der Waals surface area contributed by atoms with Crippen molar-refractivity contribution in [2.75, 3.05) is 6.79 Å². The highest BCUT2D eigenvalue weighted by molar-refractivity contribution is 5.25. The first kappa shape index (κ1) is 15.0. The largest absolute Gasteiger partial charge is 0.323 e. The van der Waals surface area contributed by atoms with E-state index in [9.17, 15) is 0 Å². The second kappa shape index (κ2) is 4.64. The van der Waals surface area contributed by atoms with Crippen LogP contribution in [-0.4, -0.2) is 12.6 Å². The first-order valence-electron chi connectivity index (χ1n) is 9.96. The van der Waals surface area contributed by atoms with Crippen molar-refractivity contribution in [3.63, 3.8) is 0 Å². The summed E-state index contributed by atoms with van der Waals surface area (Å²) >= 11 is 0. The van der Waals surface area contributed by atoms with Gasteiger partial charge in [-0.15, -0.1) is 0 Å². The second-order valence-corrected chi connectivity index (χ2v) is 9.76. The summed E-state index contributed by atoms with van der Waals surface area (Å²) in [5.74, 6) is 3.25. The van der Waals surface area contributed by atoms with Crippen molar-refractivity contribution in [2.45, 2.75) is 77.9 Å². The molecular weight excluding hydrogens is 284 g/mol. The molecule has 0 aromatic heterocycles. The van der Waals surface area contributed by atoms with Gasteiger partial charge in [0.2, 0.25) is 0 Å². The van der Waals surface area contributed by atoms with Crippen LogP contribution in [0.3, 0.4) is 0 Å². The van der Waals surface area contributed by atoms with Crippen molar-refractivity contribution in [1.29, 1.82) is 0 Å². The van der Waals surface area contributed by atoms with Gasteiger partial charge in [0.25, 0.3) is 0 Å². The minimum atomic E-state index is -0.214. The predicted octanol–water partition coefficient (Wildman–Crippen LogP) is 5.29. The van der Waals surface area contributed by atoms with E-state index in [0.717, 1.165) is 30.1 Å². The van der Waals surface area contributed by atoms with Gasteiger partial charge in [-0.25, -0.2) is 0 Å². The number of allylic oxidation sites excluding steroid dienone is 2. The monoisotopic (exact) mass is 316 g/mol. The van der Waals surface area contributed by atoms with E-state index in [1.165, 1.54) is 44.9 Å². The normalized spacial score (nSPS) is 53.8. The molecule has 5 rings (SSSR count). The smallest absolute Gasteiger partial charge is 0.179 e. The summed E-state index contributed by atoms with van der Waals surface area (Å²) < 4.78 is 12.1. The molecule has 0 amide bonds. The Bertz CT molecular complexity index is 548. The fraction of sp³-hybridized carbons (Fsp3) is 0.905. The SMILES string of the molecule is C[C@H]1CC[C@@]2(C)C(=CC[C@@H]3[C@@H]2CC[C@@]2(C)[C@H]3CCC23OCO3)C1. The van der Waals surface area contributed by atoms with Crippen molar-refractivity contribution in [1.82, 2.24) is 0 Å². The molecule has 4 fully saturated rings. The van der Waals surface area contributed by atoms with Gasteiger partial charge in [-0.05, 0) is 74.0 Å². The molecule has 128 valence electrons. The third-order valence-electron chi connectivity index (χ3n) is 8.98. The van der Waals surface area contributed by atoms with Gasteiger partial charge in [0, 0.05) is 11.8 Å². The third-order valence-corrected chi connectivity index (χ3v) is 8.98. The molecule has 2 nitrogen and oxygen atoms in total. The molecule has 0 aromatic rings. The zero-order chi connectivity index (χ0) is 15.9. The van der Waals surface area contributed by atoms with Gasteiger partial charge in [-0.1, -0.05) is 32.4 Å². The zero-order valence-corrected chi connectivity index (χ0v) is 15.1. The van der Waals surface area contributed by atoms with Crippen LogP contribution in [0.2, 0.25) is 0 Å². The Hall–Kier alpha value is -0.340. The van der Waals surface area contributed by atoms with E-state index in [-0.39, 0.29) is 11.2 Å². The van der Waals surface area contributed by atoms with E-state index >= 15 is 0 Å². The minimum absolute atomic E-state index is 0.214. The highest BCUT2D eigenvalue weighted by atomic mass is 16.9. The lowest BCUT2D eigenvalue weighted by Crippen LogP contribution is -2.60. The summed E-state index contributed by atoms with van der Waals surface area (Å²) in [5.41, 5.74) is 2.56. The first-order valence-corrected chi connectivity index (χ1v) is 9.96. The van der Waals surface area contributed by atoms with E-state index in [1.54, 1.807) is 0 Å². The van der Waals surface area contributed by atoms with Crippen molar-refractivity contribution in [2.24, 2.45) is 34.5 Å². The molecule has 1 heterocycles. The highest BCUT2D eigenvalue weighted by Crippen LogP contribution is 2.69. The van der Waals surface area contributed by atoms with Crippen LogP contribution >= 0.6 is 0 Å². The van der Waals surface area contributed by atoms with E-state index in [2.05, 4.69) is 26.8 Å². The van der Waals surface area contributed by atoms with E-state index in [0.29, 0.717) is 12.2 Å². The summed E-state index contributed by atoms with van der Waals surface area (Å²) in [6.07, 6.45) is 13.3. The molecule has 1 saturated heterocycles. The second-order valence-electron chi connectivity index (χ2n) is 9.76. The lowest BCUT2D eigenvalue weighted by molar-refractivity contribution is -0.437. The van der Waals surface area contributed by atoms with Crippen molar-refractivity contribution in [3.8, 4) is 0 Å². The van der Waals surface area contributed by atoms with Crippen molar-refractivity contribution < 1.29 is 9.47 Å². The molecule has 3 saturated carbocycles. The lowest BCUT2D eigenvalue weighted by Gasteiger charge is -2.60. The standard InChI is InChI=1S/C21H32O2/c1-14-6-9-19(2)15(12-14)4-5-16-17(19)7-10-20(3)18(16)8-11-21(20)22-13-23-21/h4,14,16-18H,5-13H2,1-3H3/t14-,16+,17-,18-,19-,20-/m0/s1. The fourth-order valence-corrected chi connectivity index (χ4v) is 7.48. The maximum Gasteiger partial charge on any atom is 0.179 e. The van der Waals surface area contributed by atoms with Crippen LogP contribution in [0.4, 0.5) is 0 Å².